The Kier molecular flexibility index (Phi) is 6.31. The first kappa shape index (κ1) is 19.2. The van der Waals surface area contributed by atoms with E-state index >= 15 is 0 Å². The number of aromatic nitrogens is 3. The Morgan fingerprint density at radius 1 is 1.30 bits per heavy atom. The number of amides is 1. The van der Waals surface area contributed by atoms with Gasteiger partial charge in [0, 0.05) is 30.9 Å². The van der Waals surface area contributed by atoms with Gasteiger partial charge in [-0.3, -0.25) is 4.79 Å². The highest BCUT2D eigenvalue weighted by Crippen LogP contribution is 2.25. The third-order valence-corrected chi connectivity index (χ3v) is 4.93. The van der Waals surface area contributed by atoms with E-state index in [1.54, 1.807) is 7.11 Å². The molecule has 0 saturated carbocycles. The van der Waals surface area contributed by atoms with Gasteiger partial charge in [-0.1, -0.05) is 36.3 Å². The lowest BCUT2D eigenvalue weighted by atomic mass is 10.1. The lowest BCUT2D eigenvalue weighted by Crippen LogP contribution is -2.12. The number of carbonyl (C=O) groups excluding carboxylic acids is 1. The summed E-state index contributed by atoms with van der Waals surface area (Å²) in [5, 5.41) is 9.18. The summed E-state index contributed by atoms with van der Waals surface area (Å²) in [7, 11) is 1.58. The fraction of sp³-hybridized carbons (Fsp3) is 0.368. The Labute approximate surface area is 161 Å². The van der Waals surface area contributed by atoms with Crippen molar-refractivity contribution in [3.8, 4) is 11.3 Å². The van der Waals surface area contributed by atoms with Crippen molar-refractivity contribution in [3.05, 3.63) is 46.9 Å². The van der Waals surface area contributed by atoms with Crippen LogP contribution < -0.4 is 5.32 Å². The third kappa shape index (κ3) is 4.99. The van der Waals surface area contributed by atoms with E-state index in [9.17, 15) is 4.79 Å². The number of thiazole rings is 1. The summed E-state index contributed by atoms with van der Waals surface area (Å²) in [6, 6.07) is 8.29. The number of anilines is 1. The summed E-state index contributed by atoms with van der Waals surface area (Å²) < 4.78 is 10.3. The number of rotatable bonds is 8. The minimum atomic E-state index is -0.239. The fourth-order valence-electron chi connectivity index (χ4n) is 2.42. The molecule has 3 rings (SSSR count). The van der Waals surface area contributed by atoms with Crippen molar-refractivity contribution in [2.75, 3.05) is 12.4 Å². The third-order valence-electron chi connectivity index (χ3n) is 4.18. The number of benzene rings is 1. The van der Waals surface area contributed by atoms with Crippen LogP contribution in [0.3, 0.4) is 0 Å². The van der Waals surface area contributed by atoms with Gasteiger partial charge in [0.2, 0.25) is 11.8 Å². The minimum Gasteiger partial charge on any atom is -0.374 e. The number of hydrogen-bond acceptors (Lipinski definition) is 7. The molecule has 1 unspecified atom stereocenters. The Bertz CT molecular complexity index is 889. The van der Waals surface area contributed by atoms with Crippen LogP contribution in [0.2, 0.25) is 0 Å². The molecule has 0 aliphatic rings. The molecule has 0 radical (unpaired) electrons. The van der Waals surface area contributed by atoms with Gasteiger partial charge in [0.15, 0.2) is 11.0 Å². The zero-order chi connectivity index (χ0) is 19.2. The van der Waals surface area contributed by atoms with E-state index in [-0.39, 0.29) is 18.4 Å². The number of nitrogens with zero attached hydrogens (tertiary/aromatic N) is 3. The Balaban J connectivity index is 1.53. The van der Waals surface area contributed by atoms with Gasteiger partial charge in [-0.25, -0.2) is 4.98 Å². The van der Waals surface area contributed by atoms with Crippen LogP contribution >= 0.6 is 11.3 Å². The molecule has 0 fully saturated rings. The van der Waals surface area contributed by atoms with E-state index in [2.05, 4.69) is 39.5 Å². The first-order valence-electron chi connectivity index (χ1n) is 8.79. The van der Waals surface area contributed by atoms with Crippen molar-refractivity contribution < 1.29 is 14.1 Å². The van der Waals surface area contributed by atoms with Crippen molar-refractivity contribution in [2.45, 2.75) is 39.2 Å². The maximum Gasteiger partial charge on any atom is 0.227 e. The molecule has 142 valence electrons. The molecule has 27 heavy (non-hydrogen) atoms. The molecule has 0 aliphatic heterocycles. The molecule has 8 heteroatoms. The van der Waals surface area contributed by atoms with E-state index in [4.69, 9.17) is 9.26 Å². The number of carbonyl (C=O) groups is 1. The molecule has 0 saturated heterocycles. The molecule has 0 bridgehead atoms. The zero-order valence-electron chi connectivity index (χ0n) is 15.6. The van der Waals surface area contributed by atoms with Crippen LogP contribution in [0.25, 0.3) is 11.3 Å². The Hall–Kier alpha value is -2.58. The van der Waals surface area contributed by atoms with Crippen LogP contribution in [0, 0.1) is 0 Å². The summed E-state index contributed by atoms with van der Waals surface area (Å²) in [4.78, 5) is 20.9. The van der Waals surface area contributed by atoms with Gasteiger partial charge in [0.25, 0.3) is 0 Å². The van der Waals surface area contributed by atoms with Crippen molar-refractivity contribution in [1.82, 2.24) is 15.1 Å². The summed E-state index contributed by atoms with van der Waals surface area (Å²) in [5.74, 6) is 0.753. The normalized spacial score (nSPS) is 12.1. The average molecular weight is 386 g/mol. The first-order valence-corrected chi connectivity index (χ1v) is 9.67. The molecule has 1 amide bonds. The van der Waals surface area contributed by atoms with Crippen LogP contribution in [-0.4, -0.2) is 28.1 Å². The van der Waals surface area contributed by atoms with E-state index in [1.807, 2.05) is 24.4 Å². The van der Waals surface area contributed by atoms with Crippen LogP contribution in [-0.2, 0) is 22.4 Å². The predicted octanol–water partition coefficient (Wildman–Crippen LogP) is 4.03. The average Bonchev–Trinajstić information content (AvgIpc) is 3.35. The monoisotopic (exact) mass is 386 g/mol. The maximum absolute atomic E-state index is 12.2. The van der Waals surface area contributed by atoms with Gasteiger partial charge in [-0.05, 0) is 18.9 Å². The molecule has 3 aromatic rings. The Morgan fingerprint density at radius 3 is 2.78 bits per heavy atom. The highest BCUT2D eigenvalue weighted by Gasteiger charge is 2.14. The topological polar surface area (TPSA) is 90.1 Å². The lowest BCUT2D eigenvalue weighted by molar-refractivity contribution is -0.116. The summed E-state index contributed by atoms with van der Waals surface area (Å²) >= 11 is 1.40. The zero-order valence-corrected chi connectivity index (χ0v) is 16.4. The van der Waals surface area contributed by atoms with Gasteiger partial charge in [0.05, 0.1) is 5.69 Å². The summed E-state index contributed by atoms with van der Waals surface area (Å²) in [5.41, 5.74) is 3.18. The van der Waals surface area contributed by atoms with Gasteiger partial charge >= 0.3 is 0 Å². The molecule has 1 atom stereocenters. The molecule has 1 aromatic carbocycles. The van der Waals surface area contributed by atoms with Gasteiger partial charge in [-0.15, -0.1) is 11.3 Å². The molecule has 0 aliphatic carbocycles. The molecule has 2 aromatic heterocycles. The number of methoxy groups -OCH3 is 1. The van der Waals surface area contributed by atoms with Gasteiger partial charge in [0.1, 0.15) is 6.10 Å². The molecule has 7 nitrogen and oxygen atoms in total. The lowest BCUT2D eigenvalue weighted by Gasteiger charge is -2.01. The van der Waals surface area contributed by atoms with Crippen LogP contribution in [0.5, 0.6) is 0 Å². The van der Waals surface area contributed by atoms with Gasteiger partial charge < -0.3 is 14.6 Å². The number of aryl methyl sites for hydroxylation is 2. The second-order valence-corrected chi connectivity index (χ2v) is 6.92. The van der Waals surface area contributed by atoms with E-state index in [0.717, 1.165) is 17.7 Å². The standard InChI is InChI=1S/C19H22N4O3S/c1-4-13-5-7-14(8-6-13)15-11-27-19(20-15)21-16(24)9-10-17-22-18(23-26-17)12(2)25-3/h5-8,11-12H,4,9-10H2,1-3H3,(H,20,21,24). The summed E-state index contributed by atoms with van der Waals surface area (Å²) in [6.45, 7) is 3.95. The van der Waals surface area contributed by atoms with E-state index < -0.39 is 0 Å². The maximum atomic E-state index is 12.2. The van der Waals surface area contributed by atoms with Crippen LogP contribution in [0.4, 0.5) is 5.13 Å². The highest BCUT2D eigenvalue weighted by atomic mass is 32.1. The quantitative estimate of drug-likeness (QED) is 0.628. The molecule has 0 spiro atoms. The first-order chi connectivity index (χ1) is 13.1. The SMILES string of the molecule is CCc1ccc(-c2csc(NC(=O)CCc3nc(C(C)OC)no3)n2)cc1. The molecular weight excluding hydrogens is 364 g/mol. The number of nitrogens with one attached hydrogen (secondary N) is 1. The van der Waals surface area contributed by atoms with Crippen LogP contribution in [0.15, 0.2) is 34.2 Å². The fourth-order valence-corrected chi connectivity index (χ4v) is 3.15. The summed E-state index contributed by atoms with van der Waals surface area (Å²) in [6.07, 6.45) is 1.37. The van der Waals surface area contributed by atoms with Gasteiger partial charge in [-0.2, -0.15) is 4.98 Å². The van der Waals surface area contributed by atoms with Crippen molar-refractivity contribution in [3.63, 3.8) is 0 Å². The number of hydrogen-bond donors (Lipinski definition) is 1. The molecule has 1 N–H and O–H groups in total. The molecule has 2 heterocycles. The van der Waals surface area contributed by atoms with Crippen molar-refractivity contribution >= 4 is 22.4 Å². The predicted molar refractivity (Wildman–Crippen MR) is 104 cm³/mol. The van der Waals surface area contributed by atoms with E-state index in [1.165, 1.54) is 16.9 Å². The highest BCUT2D eigenvalue weighted by molar-refractivity contribution is 7.14. The van der Waals surface area contributed by atoms with Crippen LogP contribution in [0.1, 0.15) is 43.7 Å². The minimum absolute atomic E-state index is 0.142. The smallest absolute Gasteiger partial charge is 0.227 e. The van der Waals surface area contributed by atoms with E-state index in [0.29, 0.717) is 23.3 Å². The Morgan fingerprint density at radius 2 is 2.07 bits per heavy atom. The molecular formula is C19H22N4O3S. The largest absolute Gasteiger partial charge is 0.374 e. The van der Waals surface area contributed by atoms with Crippen molar-refractivity contribution in [2.24, 2.45) is 0 Å². The second-order valence-electron chi connectivity index (χ2n) is 6.06. The van der Waals surface area contributed by atoms with Crippen molar-refractivity contribution in [1.29, 1.82) is 0 Å². The number of ether oxygens (including phenoxy) is 1. The second kappa shape index (κ2) is 8.88.